The summed E-state index contributed by atoms with van der Waals surface area (Å²) in [5.41, 5.74) is 2.46. The van der Waals surface area contributed by atoms with Crippen molar-refractivity contribution < 1.29 is 18.8 Å². The molecule has 4 rings (SSSR count). The summed E-state index contributed by atoms with van der Waals surface area (Å²) in [6.07, 6.45) is 4.27. The van der Waals surface area contributed by atoms with Gasteiger partial charge in [0.25, 0.3) is 0 Å². The van der Waals surface area contributed by atoms with Gasteiger partial charge in [-0.25, -0.2) is 0 Å². The van der Waals surface area contributed by atoms with E-state index in [1.807, 2.05) is 47.3 Å². The lowest BCUT2D eigenvalue weighted by Gasteiger charge is -2.22. The first-order valence-corrected chi connectivity index (χ1v) is 11.2. The summed E-state index contributed by atoms with van der Waals surface area (Å²) >= 11 is 0. The molecule has 10 heteroatoms. The van der Waals surface area contributed by atoms with Gasteiger partial charge in [-0.15, -0.1) is 0 Å². The number of hydrogen-bond donors (Lipinski definition) is 1. The Morgan fingerprint density at radius 2 is 2.06 bits per heavy atom. The molecule has 0 spiro atoms. The summed E-state index contributed by atoms with van der Waals surface area (Å²) in [5.74, 6) is 0.549. The van der Waals surface area contributed by atoms with Gasteiger partial charge in [-0.3, -0.25) is 19.2 Å². The highest BCUT2D eigenvalue weighted by atomic mass is 16.5. The van der Waals surface area contributed by atoms with Crippen LogP contribution in [0.25, 0.3) is 11.3 Å². The Morgan fingerprint density at radius 3 is 2.79 bits per heavy atom. The molecule has 0 unspecified atom stereocenters. The standard InChI is InChI=1S/C24H30N6O4/c1-17(31)26-19-11-25-30(12-19)20-9-21(15-33-16-24(32)28(2)3)29(13-20)14-22-10-23(27-34-22)18-7-5-4-6-8-18/h4-8,10-12,20-21H,9,13-16H2,1-3H3,(H,26,31)/t20-,21-/m0/s1. The van der Waals surface area contributed by atoms with Crippen molar-refractivity contribution in [3.05, 3.63) is 54.6 Å². The van der Waals surface area contributed by atoms with E-state index in [1.165, 1.54) is 11.8 Å². The third-order valence-electron chi connectivity index (χ3n) is 5.82. The molecule has 2 amide bonds. The lowest BCUT2D eigenvalue weighted by molar-refractivity contribution is -0.134. The molecule has 0 aliphatic carbocycles. The summed E-state index contributed by atoms with van der Waals surface area (Å²) in [6.45, 7) is 3.20. The molecule has 34 heavy (non-hydrogen) atoms. The van der Waals surface area contributed by atoms with Gasteiger partial charge in [0.1, 0.15) is 12.3 Å². The lowest BCUT2D eigenvalue weighted by atomic mass is 10.1. The summed E-state index contributed by atoms with van der Waals surface area (Å²) in [5, 5.41) is 11.4. The van der Waals surface area contributed by atoms with Crippen LogP contribution in [0.3, 0.4) is 0 Å². The average molecular weight is 467 g/mol. The number of rotatable bonds is 9. The molecule has 3 aromatic rings. The molecule has 1 N–H and O–H groups in total. The maximum Gasteiger partial charge on any atom is 0.248 e. The number of amides is 2. The molecule has 1 fully saturated rings. The number of likely N-dealkylation sites (tertiary alicyclic amines) is 1. The molecule has 2 aromatic heterocycles. The molecule has 1 saturated heterocycles. The van der Waals surface area contributed by atoms with Crippen molar-refractivity contribution >= 4 is 17.5 Å². The largest absolute Gasteiger partial charge is 0.370 e. The Kier molecular flexibility index (Phi) is 7.39. The first kappa shape index (κ1) is 23.7. The van der Waals surface area contributed by atoms with E-state index in [0.29, 0.717) is 18.8 Å². The van der Waals surface area contributed by atoms with Crippen LogP contribution in [0.4, 0.5) is 5.69 Å². The van der Waals surface area contributed by atoms with Gasteiger partial charge >= 0.3 is 0 Å². The van der Waals surface area contributed by atoms with Crippen LogP contribution in [0, 0.1) is 0 Å². The zero-order chi connectivity index (χ0) is 24.1. The number of anilines is 1. The fourth-order valence-corrected chi connectivity index (χ4v) is 4.07. The van der Waals surface area contributed by atoms with Gasteiger partial charge in [-0.2, -0.15) is 5.10 Å². The van der Waals surface area contributed by atoms with Crippen LogP contribution in [0.5, 0.6) is 0 Å². The zero-order valence-electron chi connectivity index (χ0n) is 19.7. The number of nitrogens with zero attached hydrogens (tertiary/aromatic N) is 5. The van der Waals surface area contributed by atoms with Gasteiger partial charge in [-0.05, 0) is 6.42 Å². The summed E-state index contributed by atoms with van der Waals surface area (Å²) in [4.78, 5) is 27.1. The maximum atomic E-state index is 11.9. The second-order valence-electron chi connectivity index (χ2n) is 8.71. The van der Waals surface area contributed by atoms with Crippen molar-refractivity contribution in [1.82, 2.24) is 24.7 Å². The van der Waals surface area contributed by atoms with Gasteiger partial charge < -0.3 is 19.5 Å². The van der Waals surface area contributed by atoms with Crippen LogP contribution in [0.15, 0.2) is 53.3 Å². The van der Waals surface area contributed by atoms with Gasteiger partial charge in [0.2, 0.25) is 11.8 Å². The number of ether oxygens (including phenoxy) is 1. The van der Waals surface area contributed by atoms with E-state index in [1.54, 1.807) is 20.3 Å². The normalized spacial score (nSPS) is 18.2. The van der Waals surface area contributed by atoms with Crippen molar-refractivity contribution in [2.45, 2.75) is 32.0 Å². The Hall–Kier alpha value is -3.50. The molecule has 1 aliphatic heterocycles. The second-order valence-corrected chi connectivity index (χ2v) is 8.71. The highest BCUT2D eigenvalue weighted by molar-refractivity contribution is 5.88. The Labute approximate surface area is 198 Å². The monoisotopic (exact) mass is 466 g/mol. The number of nitrogens with one attached hydrogen (secondary N) is 1. The first-order valence-electron chi connectivity index (χ1n) is 11.2. The number of aromatic nitrogens is 3. The molecule has 0 saturated carbocycles. The summed E-state index contributed by atoms with van der Waals surface area (Å²) < 4.78 is 13.3. The Balaban J connectivity index is 1.45. The van der Waals surface area contributed by atoms with E-state index in [-0.39, 0.29) is 30.5 Å². The Bertz CT molecular complexity index is 1110. The van der Waals surface area contributed by atoms with Crippen LogP contribution in [0.1, 0.15) is 25.1 Å². The molecular formula is C24H30N6O4. The minimum Gasteiger partial charge on any atom is -0.370 e. The summed E-state index contributed by atoms with van der Waals surface area (Å²) in [7, 11) is 3.42. The molecule has 1 aliphatic rings. The number of benzene rings is 1. The Morgan fingerprint density at radius 1 is 1.26 bits per heavy atom. The van der Waals surface area contributed by atoms with Crippen molar-refractivity contribution in [3.63, 3.8) is 0 Å². The zero-order valence-corrected chi connectivity index (χ0v) is 19.7. The predicted molar refractivity (Wildman–Crippen MR) is 126 cm³/mol. The van der Waals surface area contributed by atoms with Gasteiger partial charge in [-0.1, -0.05) is 35.5 Å². The molecule has 0 radical (unpaired) electrons. The number of hydrogen-bond acceptors (Lipinski definition) is 7. The van der Waals surface area contributed by atoms with E-state index >= 15 is 0 Å². The van der Waals surface area contributed by atoms with Crippen LogP contribution in [0.2, 0.25) is 0 Å². The fraction of sp³-hybridized carbons (Fsp3) is 0.417. The second kappa shape index (κ2) is 10.6. The van der Waals surface area contributed by atoms with Crippen molar-refractivity contribution in [1.29, 1.82) is 0 Å². The first-order chi connectivity index (χ1) is 16.4. The highest BCUT2D eigenvalue weighted by Crippen LogP contribution is 2.30. The molecule has 3 heterocycles. The number of likely N-dealkylation sites (N-methyl/N-ethyl adjacent to an activating group) is 1. The van der Waals surface area contributed by atoms with Crippen LogP contribution >= 0.6 is 0 Å². The molecular weight excluding hydrogens is 436 g/mol. The lowest BCUT2D eigenvalue weighted by Crippen LogP contribution is -2.34. The quantitative estimate of drug-likeness (QED) is 0.516. The van der Waals surface area contributed by atoms with Gasteiger partial charge in [0.05, 0.1) is 31.1 Å². The third-order valence-corrected chi connectivity index (χ3v) is 5.82. The van der Waals surface area contributed by atoms with Crippen LogP contribution in [-0.2, 0) is 20.9 Å². The minimum atomic E-state index is -0.135. The molecule has 0 bridgehead atoms. The topological polar surface area (TPSA) is 106 Å². The third kappa shape index (κ3) is 5.89. The van der Waals surface area contributed by atoms with Crippen molar-refractivity contribution in [2.75, 3.05) is 39.2 Å². The molecule has 180 valence electrons. The smallest absolute Gasteiger partial charge is 0.248 e. The van der Waals surface area contributed by atoms with Crippen molar-refractivity contribution in [3.8, 4) is 11.3 Å². The van der Waals surface area contributed by atoms with Crippen molar-refractivity contribution in [2.24, 2.45) is 0 Å². The fourth-order valence-electron chi connectivity index (χ4n) is 4.07. The van der Waals surface area contributed by atoms with Gasteiger partial charge in [0, 0.05) is 51.4 Å². The van der Waals surface area contributed by atoms with Crippen LogP contribution in [-0.4, -0.2) is 76.4 Å². The average Bonchev–Trinajstić information content (AvgIpc) is 3.55. The van der Waals surface area contributed by atoms with E-state index in [4.69, 9.17) is 9.26 Å². The molecule has 10 nitrogen and oxygen atoms in total. The molecule has 2 atom stereocenters. The highest BCUT2D eigenvalue weighted by Gasteiger charge is 2.34. The van der Waals surface area contributed by atoms with E-state index in [9.17, 15) is 9.59 Å². The maximum absolute atomic E-state index is 11.9. The number of carbonyl (C=O) groups excluding carboxylic acids is 2. The SMILES string of the molecule is CC(=O)Nc1cnn([C@H]2C[C@@H](COCC(=O)N(C)C)N(Cc3cc(-c4ccccc4)no3)C2)c1. The number of carbonyl (C=O) groups is 2. The minimum absolute atomic E-state index is 0.0386. The molecule has 1 aromatic carbocycles. The van der Waals surface area contributed by atoms with E-state index < -0.39 is 0 Å². The van der Waals surface area contributed by atoms with Gasteiger partial charge in [0.15, 0.2) is 5.76 Å². The van der Waals surface area contributed by atoms with Crippen LogP contribution < -0.4 is 5.32 Å². The van der Waals surface area contributed by atoms with E-state index in [0.717, 1.165) is 30.0 Å². The summed E-state index contributed by atoms with van der Waals surface area (Å²) in [6, 6.07) is 12.0. The van der Waals surface area contributed by atoms with E-state index in [2.05, 4.69) is 20.5 Å². The predicted octanol–water partition coefficient (Wildman–Crippen LogP) is 2.42.